The average molecular weight is 356 g/mol. The number of likely N-dealkylation sites (tertiary alicyclic amines) is 1. The summed E-state index contributed by atoms with van der Waals surface area (Å²) in [7, 11) is 1.86. The predicted molar refractivity (Wildman–Crippen MR) is 107 cm³/mol. The van der Waals surface area contributed by atoms with Crippen molar-refractivity contribution in [3.05, 3.63) is 0 Å². The van der Waals surface area contributed by atoms with E-state index in [0.29, 0.717) is 12.1 Å². The first-order valence-electron chi connectivity index (χ1n) is 10.1. The largest absolute Gasteiger partial charge is 0.377 e. The first-order valence-corrected chi connectivity index (χ1v) is 10.1. The molecule has 6 heteroatoms. The molecule has 0 unspecified atom stereocenters. The number of nitrogens with zero attached hydrogens (tertiary/aromatic N) is 3. The summed E-state index contributed by atoms with van der Waals surface area (Å²) in [5.41, 5.74) is 0. The van der Waals surface area contributed by atoms with E-state index in [4.69, 9.17) is 4.74 Å². The summed E-state index contributed by atoms with van der Waals surface area (Å²) in [4.78, 5) is 9.35. The Hall–Kier alpha value is -0.850. The molecular formula is C19H41N5O. The van der Waals surface area contributed by atoms with Crippen LogP contribution in [-0.4, -0.2) is 87.4 Å². The minimum atomic E-state index is 0.328. The van der Waals surface area contributed by atoms with E-state index in [1.165, 1.54) is 25.8 Å². The zero-order chi connectivity index (χ0) is 18.5. The standard InChI is InChI=1S/C19H41N5O/c1-6-11-23(7-2)14-10-21-19(20-5)22-18-8-12-24(13-9-18)15-16-25-17(3)4/h17-18H,6-16H2,1-5H3,(H2,20,21,22). The third kappa shape index (κ3) is 10.0. The molecule has 0 aromatic carbocycles. The Morgan fingerprint density at radius 3 is 2.52 bits per heavy atom. The summed E-state index contributed by atoms with van der Waals surface area (Å²) in [6.45, 7) is 17.1. The molecule has 0 atom stereocenters. The first kappa shape index (κ1) is 22.2. The van der Waals surface area contributed by atoms with Gasteiger partial charge in [-0.25, -0.2) is 0 Å². The lowest BCUT2D eigenvalue weighted by Crippen LogP contribution is -2.50. The highest BCUT2D eigenvalue weighted by atomic mass is 16.5. The number of likely N-dealkylation sites (N-methyl/N-ethyl adjacent to an activating group) is 1. The SMILES string of the molecule is CCCN(CC)CCNC(=NC)NC1CCN(CCOC(C)C)CC1. The minimum absolute atomic E-state index is 0.328. The number of hydrogen-bond donors (Lipinski definition) is 2. The van der Waals surface area contributed by atoms with Crippen molar-refractivity contribution in [2.24, 2.45) is 4.99 Å². The van der Waals surface area contributed by atoms with Gasteiger partial charge in [0, 0.05) is 45.8 Å². The fourth-order valence-corrected chi connectivity index (χ4v) is 3.18. The van der Waals surface area contributed by atoms with Crippen LogP contribution < -0.4 is 10.6 Å². The molecule has 0 bridgehead atoms. The van der Waals surface area contributed by atoms with Gasteiger partial charge in [-0.3, -0.25) is 4.99 Å². The van der Waals surface area contributed by atoms with Crippen molar-refractivity contribution in [3.8, 4) is 0 Å². The minimum Gasteiger partial charge on any atom is -0.377 e. The van der Waals surface area contributed by atoms with Crippen LogP contribution in [0.2, 0.25) is 0 Å². The molecule has 0 aliphatic carbocycles. The van der Waals surface area contributed by atoms with Gasteiger partial charge >= 0.3 is 0 Å². The number of ether oxygens (including phenoxy) is 1. The number of rotatable bonds is 11. The Morgan fingerprint density at radius 1 is 1.24 bits per heavy atom. The maximum absolute atomic E-state index is 5.65. The van der Waals surface area contributed by atoms with E-state index in [-0.39, 0.29) is 0 Å². The molecule has 0 saturated carbocycles. The van der Waals surface area contributed by atoms with Gasteiger partial charge in [-0.05, 0) is 46.2 Å². The van der Waals surface area contributed by atoms with E-state index in [9.17, 15) is 0 Å². The molecule has 1 rings (SSSR count). The Bertz CT molecular complexity index is 354. The molecule has 1 aliphatic rings. The molecule has 2 N–H and O–H groups in total. The van der Waals surface area contributed by atoms with Gasteiger partial charge in [0.05, 0.1) is 12.7 Å². The molecule has 1 aliphatic heterocycles. The molecule has 0 aromatic heterocycles. The lowest BCUT2D eigenvalue weighted by molar-refractivity contribution is 0.0532. The van der Waals surface area contributed by atoms with Gasteiger partial charge < -0.3 is 25.2 Å². The van der Waals surface area contributed by atoms with Crippen LogP contribution in [0, 0.1) is 0 Å². The lowest BCUT2D eigenvalue weighted by atomic mass is 10.1. The zero-order valence-corrected chi connectivity index (χ0v) is 17.2. The van der Waals surface area contributed by atoms with Gasteiger partial charge in [0.1, 0.15) is 0 Å². The van der Waals surface area contributed by atoms with Crippen LogP contribution in [0.25, 0.3) is 0 Å². The number of piperidine rings is 1. The van der Waals surface area contributed by atoms with Crippen LogP contribution in [0.4, 0.5) is 0 Å². The Morgan fingerprint density at radius 2 is 1.96 bits per heavy atom. The molecule has 1 fully saturated rings. The van der Waals surface area contributed by atoms with E-state index in [1.807, 2.05) is 7.05 Å². The fraction of sp³-hybridized carbons (Fsp3) is 0.947. The van der Waals surface area contributed by atoms with E-state index >= 15 is 0 Å². The van der Waals surface area contributed by atoms with Crippen molar-refractivity contribution in [2.75, 3.05) is 59.5 Å². The van der Waals surface area contributed by atoms with Gasteiger partial charge in [-0.1, -0.05) is 13.8 Å². The normalized spacial score (nSPS) is 17.5. The molecule has 148 valence electrons. The highest BCUT2D eigenvalue weighted by molar-refractivity contribution is 5.79. The second kappa shape index (κ2) is 13.4. The molecule has 1 heterocycles. The molecule has 0 amide bonds. The van der Waals surface area contributed by atoms with E-state index in [1.54, 1.807) is 0 Å². The quantitative estimate of drug-likeness (QED) is 0.437. The van der Waals surface area contributed by atoms with Crippen molar-refractivity contribution >= 4 is 5.96 Å². The van der Waals surface area contributed by atoms with Crippen molar-refractivity contribution < 1.29 is 4.74 Å². The summed E-state index contributed by atoms with van der Waals surface area (Å²) >= 11 is 0. The number of hydrogen-bond acceptors (Lipinski definition) is 4. The van der Waals surface area contributed by atoms with Gasteiger partial charge in [-0.2, -0.15) is 0 Å². The molecule has 0 radical (unpaired) electrons. The van der Waals surface area contributed by atoms with Gasteiger partial charge in [-0.15, -0.1) is 0 Å². The van der Waals surface area contributed by atoms with Crippen molar-refractivity contribution in [1.82, 2.24) is 20.4 Å². The Kier molecular flexibility index (Phi) is 11.9. The molecular weight excluding hydrogens is 314 g/mol. The van der Waals surface area contributed by atoms with Gasteiger partial charge in [0.2, 0.25) is 0 Å². The van der Waals surface area contributed by atoms with Crippen LogP contribution in [0.15, 0.2) is 4.99 Å². The number of aliphatic imine (C=N–C) groups is 1. The highest BCUT2D eigenvalue weighted by Crippen LogP contribution is 2.10. The molecule has 6 nitrogen and oxygen atoms in total. The summed E-state index contributed by atoms with van der Waals surface area (Å²) in [6.07, 6.45) is 3.87. The number of nitrogens with one attached hydrogen (secondary N) is 2. The fourth-order valence-electron chi connectivity index (χ4n) is 3.18. The summed E-state index contributed by atoms with van der Waals surface area (Å²) in [5.74, 6) is 0.939. The first-order chi connectivity index (χ1) is 12.1. The van der Waals surface area contributed by atoms with Gasteiger partial charge in [0.25, 0.3) is 0 Å². The van der Waals surface area contributed by atoms with Crippen molar-refractivity contribution in [2.45, 2.75) is 59.1 Å². The van der Waals surface area contributed by atoms with Crippen LogP contribution in [0.5, 0.6) is 0 Å². The van der Waals surface area contributed by atoms with Crippen LogP contribution in [-0.2, 0) is 4.74 Å². The van der Waals surface area contributed by atoms with Crippen LogP contribution in [0.3, 0.4) is 0 Å². The zero-order valence-electron chi connectivity index (χ0n) is 17.2. The summed E-state index contributed by atoms with van der Waals surface area (Å²) in [5, 5.41) is 7.05. The smallest absolute Gasteiger partial charge is 0.191 e. The second-order valence-corrected chi connectivity index (χ2v) is 7.11. The molecule has 1 saturated heterocycles. The third-order valence-corrected chi connectivity index (χ3v) is 4.72. The maximum Gasteiger partial charge on any atom is 0.191 e. The highest BCUT2D eigenvalue weighted by Gasteiger charge is 2.19. The molecule has 0 spiro atoms. The van der Waals surface area contributed by atoms with Crippen molar-refractivity contribution in [1.29, 1.82) is 0 Å². The molecule has 25 heavy (non-hydrogen) atoms. The van der Waals surface area contributed by atoms with E-state index < -0.39 is 0 Å². The maximum atomic E-state index is 5.65. The topological polar surface area (TPSA) is 52.1 Å². The lowest BCUT2D eigenvalue weighted by Gasteiger charge is -2.33. The van der Waals surface area contributed by atoms with Crippen molar-refractivity contribution in [3.63, 3.8) is 0 Å². The van der Waals surface area contributed by atoms with E-state index in [0.717, 1.165) is 51.8 Å². The monoisotopic (exact) mass is 355 g/mol. The Balaban J connectivity index is 2.20. The van der Waals surface area contributed by atoms with Gasteiger partial charge in [0.15, 0.2) is 5.96 Å². The summed E-state index contributed by atoms with van der Waals surface area (Å²) < 4.78 is 5.65. The molecule has 0 aromatic rings. The van der Waals surface area contributed by atoms with Crippen LogP contribution >= 0.6 is 0 Å². The second-order valence-electron chi connectivity index (χ2n) is 7.11. The average Bonchev–Trinajstić information content (AvgIpc) is 2.61. The predicted octanol–water partition coefficient (Wildman–Crippen LogP) is 1.77. The van der Waals surface area contributed by atoms with E-state index in [2.05, 4.69) is 53.1 Å². The third-order valence-electron chi connectivity index (χ3n) is 4.72. The van der Waals surface area contributed by atoms with Crippen LogP contribution in [0.1, 0.15) is 47.0 Å². The number of guanidine groups is 1. The summed E-state index contributed by atoms with van der Waals surface area (Å²) in [6, 6.07) is 0.520. The Labute approximate surface area is 155 Å².